The number of primary amides is 1. The number of hydrogen-bond donors (Lipinski definition) is 1. The summed E-state index contributed by atoms with van der Waals surface area (Å²) >= 11 is 0. The van der Waals surface area contributed by atoms with Gasteiger partial charge in [-0.1, -0.05) is 0 Å². The van der Waals surface area contributed by atoms with Crippen LogP contribution >= 0.6 is 0 Å². The number of halogens is 1. The van der Waals surface area contributed by atoms with Gasteiger partial charge in [-0.25, -0.2) is 0 Å². The second-order valence-electron chi connectivity index (χ2n) is 5.19. The second-order valence-corrected chi connectivity index (χ2v) is 5.19. The summed E-state index contributed by atoms with van der Waals surface area (Å²) in [5.41, 5.74) is 4.98. The van der Waals surface area contributed by atoms with Gasteiger partial charge in [0.25, 0.3) is 0 Å². The molecule has 0 aromatic carbocycles. The Hall–Kier alpha value is -0.680. The summed E-state index contributed by atoms with van der Waals surface area (Å²) in [7, 11) is 0. The van der Waals surface area contributed by atoms with E-state index in [1.165, 1.54) is 0 Å². The van der Waals surface area contributed by atoms with Crippen LogP contribution in [0.15, 0.2) is 0 Å². The molecule has 2 N–H and O–H groups in total. The largest absolute Gasteiger partial charge is 0.370 e. The van der Waals surface area contributed by atoms with Crippen LogP contribution in [0.1, 0.15) is 38.5 Å². The van der Waals surface area contributed by atoms with E-state index in [4.69, 9.17) is 15.2 Å². The Labute approximate surface area is 101 Å². The number of hydrogen-bond acceptors (Lipinski definition) is 3. The van der Waals surface area contributed by atoms with Crippen molar-refractivity contribution in [3.63, 3.8) is 0 Å². The summed E-state index contributed by atoms with van der Waals surface area (Å²) in [5, 5.41) is 0. The van der Waals surface area contributed by atoms with E-state index in [0.717, 1.165) is 25.7 Å². The number of carbonyl (C=O) groups excluding carboxylic acids is 1. The summed E-state index contributed by atoms with van der Waals surface area (Å²) in [4.78, 5) is 11.1. The maximum Gasteiger partial charge on any atom is 0.217 e. The molecule has 1 saturated carbocycles. The molecule has 2 rings (SSSR count). The Balaban J connectivity index is 1.99. The van der Waals surface area contributed by atoms with Gasteiger partial charge < -0.3 is 15.2 Å². The first-order valence-corrected chi connectivity index (χ1v) is 6.22. The third kappa shape index (κ3) is 2.77. The molecule has 5 heteroatoms. The van der Waals surface area contributed by atoms with Crippen LogP contribution in [0.5, 0.6) is 0 Å². The average Bonchev–Trinajstić information content (AvgIpc) is 2.72. The molecule has 0 unspecified atom stereocenters. The number of rotatable bonds is 4. The molecule has 1 saturated heterocycles. The lowest BCUT2D eigenvalue weighted by Crippen LogP contribution is -2.41. The number of amides is 1. The van der Waals surface area contributed by atoms with Crippen LogP contribution in [-0.4, -0.2) is 31.6 Å². The van der Waals surface area contributed by atoms with Crippen molar-refractivity contribution < 1.29 is 18.7 Å². The minimum absolute atomic E-state index is 0.271. The topological polar surface area (TPSA) is 61.6 Å². The molecule has 1 spiro atoms. The van der Waals surface area contributed by atoms with Crippen LogP contribution in [0, 0.1) is 5.41 Å². The van der Waals surface area contributed by atoms with Gasteiger partial charge in [0.2, 0.25) is 5.91 Å². The third-order valence-corrected chi connectivity index (χ3v) is 4.06. The quantitative estimate of drug-likeness (QED) is 0.817. The predicted octanol–water partition coefficient (Wildman–Crippen LogP) is 1.52. The monoisotopic (exact) mass is 245 g/mol. The molecule has 2 fully saturated rings. The standard InChI is InChI=1S/C12H20FNO3/c13-6-5-11(9-10(14)15)1-3-12(4-2-11)16-7-8-17-12/h1-9H2,(H2,14,15). The number of carbonyl (C=O) groups is 1. The molecule has 1 aliphatic carbocycles. The van der Waals surface area contributed by atoms with E-state index in [1.807, 2.05) is 0 Å². The summed E-state index contributed by atoms with van der Waals surface area (Å²) in [6.45, 7) is 0.861. The highest BCUT2D eigenvalue weighted by Gasteiger charge is 2.46. The van der Waals surface area contributed by atoms with Crippen LogP contribution in [0.25, 0.3) is 0 Å². The van der Waals surface area contributed by atoms with Crippen molar-refractivity contribution >= 4 is 5.91 Å². The van der Waals surface area contributed by atoms with Gasteiger partial charge in [0.1, 0.15) is 0 Å². The Morgan fingerprint density at radius 3 is 2.24 bits per heavy atom. The zero-order valence-electron chi connectivity index (χ0n) is 10.0. The fraction of sp³-hybridized carbons (Fsp3) is 0.917. The van der Waals surface area contributed by atoms with Gasteiger partial charge in [-0.2, -0.15) is 0 Å². The van der Waals surface area contributed by atoms with E-state index in [-0.39, 0.29) is 17.7 Å². The van der Waals surface area contributed by atoms with Gasteiger partial charge in [-0.05, 0) is 24.7 Å². The molecule has 2 aliphatic rings. The molecule has 98 valence electrons. The lowest BCUT2D eigenvalue weighted by molar-refractivity contribution is -0.193. The molecule has 1 heterocycles. The Bertz CT molecular complexity index is 279. The van der Waals surface area contributed by atoms with E-state index in [2.05, 4.69) is 0 Å². The highest BCUT2D eigenvalue weighted by Crippen LogP contribution is 2.48. The predicted molar refractivity (Wildman–Crippen MR) is 59.9 cm³/mol. The summed E-state index contributed by atoms with van der Waals surface area (Å²) < 4.78 is 23.9. The van der Waals surface area contributed by atoms with E-state index < -0.39 is 12.5 Å². The van der Waals surface area contributed by atoms with Gasteiger partial charge in [0.05, 0.1) is 19.9 Å². The van der Waals surface area contributed by atoms with E-state index in [0.29, 0.717) is 19.6 Å². The molecule has 0 radical (unpaired) electrons. The molecule has 0 bridgehead atoms. The van der Waals surface area contributed by atoms with Crippen LogP contribution in [0.3, 0.4) is 0 Å². The lowest BCUT2D eigenvalue weighted by atomic mass is 9.68. The minimum atomic E-state index is -0.461. The van der Waals surface area contributed by atoms with Gasteiger partial charge in [-0.3, -0.25) is 9.18 Å². The highest BCUT2D eigenvalue weighted by molar-refractivity contribution is 5.74. The normalized spacial score (nSPS) is 26.2. The second kappa shape index (κ2) is 4.90. The summed E-state index contributed by atoms with van der Waals surface area (Å²) in [6, 6.07) is 0. The van der Waals surface area contributed by atoms with Gasteiger partial charge in [0.15, 0.2) is 5.79 Å². The average molecular weight is 245 g/mol. The van der Waals surface area contributed by atoms with E-state index in [9.17, 15) is 9.18 Å². The van der Waals surface area contributed by atoms with Crippen molar-refractivity contribution in [2.75, 3.05) is 19.9 Å². The minimum Gasteiger partial charge on any atom is -0.370 e. The molecule has 0 aromatic heterocycles. The molecular formula is C12H20FNO3. The van der Waals surface area contributed by atoms with Crippen LogP contribution in [0.2, 0.25) is 0 Å². The van der Waals surface area contributed by atoms with E-state index >= 15 is 0 Å². The smallest absolute Gasteiger partial charge is 0.217 e. The van der Waals surface area contributed by atoms with Crippen molar-refractivity contribution in [3.8, 4) is 0 Å². The maximum absolute atomic E-state index is 12.6. The van der Waals surface area contributed by atoms with Crippen LogP contribution in [0.4, 0.5) is 4.39 Å². The fourth-order valence-electron chi connectivity index (χ4n) is 3.03. The number of ether oxygens (including phenoxy) is 2. The van der Waals surface area contributed by atoms with Crippen molar-refractivity contribution in [2.24, 2.45) is 11.1 Å². The summed E-state index contributed by atoms with van der Waals surface area (Å²) in [5.74, 6) is -0.806. The molecule has 17 heavy (non-hydrogen) atoms. The maximum atomic E-state index is 12.6. The van der Waals surface area contributed by atoms with Crippen molar-refractivity contribution in [1.29, 1.82) is 0 Å². The van der Waals surface area contributed by atoms with Gasteiger partial charge in [0, 0.05) is 19.3 Å². The van der Waals surface area contributed by atoms with Crippen LogP contribution < -0.4 is 5.73 Å². The van der Waals surface area contributed by atoms with Gasteiger partial charge in [-0.15, -0.1) is 0 Å². The van der Waals surface area contributed by atoms with Crippen LogP contribution in [-0.2, 0) is 14.3 Å². The first-order valence-electron chi connectivity index (χ1n) is 6.22. The molecule has 1 aliphatic heterocycles. The lowest BCUT2D eigenvalue weighted by Gasteiger charge is -2.43. The highest BCUT2D eigenvalue weighted by atomic mass is 19.1. The first-order chi connectivity index (χ1) is 8.10. The number of alkyl halides is 1. The molecular weight excluding hydrogens is 225 g/mol. The zero-order valence-corrected chi connectivity index (χ0v) is 10.0. The van der Waals surface area contributed by atoms with Crippen molar-refractivity contribution in [3.05, 3.63) is 0 Å². The fourth-order valence-corrected chi connectivity index (χ4v) is 3.03. The van der Waals surface area contributed by atoms with Gasteiger partial charge >= 0.3 is 0 Å². The first kappa shape index (κ1) is 12.8. The third-order valence-electron chi connectivity index (χ3n) is 4.06. The SMILES string of the molecule is NC(=O)CC1(CCF)CCC2(CC1)OCCO2. The van der Waals surface area contributed by atoms with Crippen molar-refractivity contribution in [2.45, 2.75) is 44.3 Å². The summed E-state index contributed by atoms with van der Waals surface area (Å²) in [6.07, 6.45) is 3.65. The Morgan fingerprint density at radius 1 is 1.18 bits per heavy atom. The molecule has 0 aromatic rings. The molecule has 0 atom stereocenters. The zero-order chi connectivity index (χ0) is 12.4. The number of nitrogens with two attached hydrogens (primary N) is 1. The molecule has 1 amide bonds. The Kier molecular flexibility index (Phi) is 3.68. The molecule has 4 nitrogen and oxygen atoms in total. The Morgan fingerprint density at radius 2 is 1.76 bits per heavy atom. The van der Waals surface area contributed by atoms with E-state index in [1.54, 1.807) is 0 Å². The van der Waals surface area contributed by atoms with Crippen molar-refractivity contribution in [1.82, 2.24) is 0 Å².